The molecule has 32 heavy (non-hydrogen) atoms. The molecule has 0 spiro atoms. The molecule has 1 aromatic heterocycles. The van der Waals surface area contributed by atoms with Crippen LogP contribution in [0.4, 0.5) is 14.9 Å². The van der Waals surface area contributed by atoms with Crippen molar-refractivity contribution in [1.82, 2.24) is 9.88 Å². The average molecular weight is 429 g/mol. The summed E-state index contributed by atoms with van der Waals surface area (Å²) in [6.07, 6.45) is 1.66. The molecular weight excluding hydrogens is 405 g/mol. The van der Waals surface area contributed by atoms with E-state index in [1.165, 1.54) is 6.07 Å². The number of oxazole rings is 1. The van der Waals surface area contributed by atoms with Crippen molar-refractivity contribution < 1.29 is 13.6 Å². The van der Waals surface area contributed by atoms with Crippen LogP contribution in [0, 0.1) is 19.7 Å². The van der Waals surface area contributed by atoms with Gasteiger partial charge in [-0.25, -0.2) is 14.2 Å². The molecule has 162 valence electrons. The normalized spacial score (nSPS) is 16.0. The lowest BCUT2D eigenvalue weighted by atomic mass is 10.0. The Morgan fingerprint density at radius 1 is 1.09 bits per heavy atom. The van der Waals surface area contributed by atoms with E-state index < -0.39 is 0 Å². The van der Waals surface area contributed by atoms with Gasteiger partial charge in [-0.3, -0.25) is 0 Å². The number of carbonyl (C=O) groups is 1. The second-order valence-corrected chi connectivity index (χ2v) is 8.26. The molecule has 1 aliphatic heterocycles. The zero-order valence-electron chi connectivity index (χ0n) is 18.1. The Bertz CT molecular complexity index is 1290. The monoisotopic (exact) mass is 429 g/mol. The van der Waals surface area contributed by atoms with Gasteiger partial charge >= 0.3 is 6.03 Å². The Kier molecular flexibility index (Phi) is 5.13. The molecule has 1 aliphatic rings. The maximum Gasteiger partial charge on any atom is 0.322 e. The first kappa shape index (κ1) is 20.2. The summed E-state index contributed by atoms with van der Waals surface area (Å²) in [6.45, 7) is 4.61. The Morgan fingerprint density at radius 3 is 2.66 bits per heavy atom. The molecule has 1 atom stereocenters. The number of benzene rings is 3. The maximum atomic E-state index is 14.2. The van der Waals surface area contributed by atoms with Crippen LogP contribution in [0.1, 0.15) is 35.9 Å². The smallest absolute Gasteiger partial charge is 0.322 e. The van der Waals surface area contributed by atoms with Crippen LogP contribution in [0.15, 0.2) is 65.1 Å². The van der Waals surface area contributed by atoms with Gasteiger partial charge in [0, 0.05) is 17.8 Å². The number of halogens is 1. The highest BCUT2D eigenvalue weighted by Gasteiger charge is 2.34. The number of rotatable bonds is 3. The summed E-state index contributed by atoms with van der Waals surface area (Å²) in [5, 5.41) is 3.07. The minimum Gasteiger partial charge on any atom is -0.438 e. The number of fused-ring (bicyclic) bond motifs is 1. The Morgan fingerprint density at radius 2 is 1.88 bits per heavy atom. The van der Waals surface area contributed by atoms with Gasteiger partial charge < -0.3 is 14.6 Å². The Hall–Kier alpha value is -3.67. The van der Waals surface area contributed by atoms with Gasteiger partial charge in [-0.15, -0.1) is 0 Å². The molecule has 6 heteroatoms. The van der Waals surface area contributed by atoms with Gasteiger partial charge in [0.1, 0.15) is 17.4 Å². The van der Waals surface area contributed by atoms with Crippen LogP contribution in [0.2, 0.25) is 0 Å². The first-order chi connectivity index (χ1) is 15.5. The molecule has 1 saturated heterocycles. The first-order valence-corrected chi connectivity index (χ1v) is 10.8. The molecule has 1 fully saturated rings. The predicted octanol–water partition coefficient (Wildman–Crippen LogP) is 6.62. The van der Waals surface area contributed by atoms with E-state index in [1.54, 1.807) is 17.0 Å². The van der Waals surface area contributed by atoms with E-state index in [-0.39, 0.29) is 17.9 Å². The van der Waals surface area contributed by atoms with Crippen molar-refractivity contribution in [3.05, 3.63) is 83.5 Å². The number of anilines is 1. The fourth-order valence-electron chi connectivity index (χ4n) is 4.41. The highest BCUT2D eigenvalue weighted by molar-refractivity contribution is 5.91. The van der Waals surface area contributed by atoms with Crippen LogP contribution in [0.3, 0.4) is 0 Å². The number of aryl methyl sites for hydroxylation is 2. The molecule has 0 saturated carbocycles. The van der Waals surface area contributed by atoms with Crippen molar-refractivity contribution in [1.29, 1.82) is 0 Å². The molecule has 2 heterocycles. The van der Waals surface area contributed by atoms with Gasteiger partial charge in [-0.2, -0.15) is 0 Å². The lowest BCUT2D eigenvalue weighted by Crippen LogP contribution is -2.35. The molecule has 0 bridgehead atoms. The van der Waals surface area contributed by atoms with E-state index >= 15 is 0 Å². The second kappa shape index (κ2) is 8.11. The molecule has 5 rings (SSSR count). The summed E-state index contributed by atoms with van der Waals surface area (Å²) in [4.78, 5) is 19.6. The number of carbonyl (C=O) groups excluding carboxylic acids is 1. The van der Waals surface area contributed by atoms with Crippen molar-refractivity contribution in [3.8, 4) is 11.1 Å². The predicted molar refractivity (Wildman–Crippen MR) is 123 cm³/mol. The van der Waals surface area contributed by atoms with Gasteiger partial charge in [0.15, 0.2) is 5.58 Å². The number of likely N-dealkylation sites (tertiary alicyclic amines) is 1. The molecule has 1 N–H and O–H groups in total. The first-order valence-electron chi connectivity index (χ1n) is 10.8. The molecule has 4 aromatic rings. The zero-order valence-corrected chi connectivity index (χ0v) is 18.1. The fourth-order valence-corrected chi connectivity index (χ4v) is 4.41. The minimum absolute atomic E-state index is 0.154. The molecular formula is C26H24FN3O2. The summed E-state index contributed by atoms with van der Waals surface area (Å²) in [6, 6.07) is 17.7. The Labute approximate surface area is 185 Å². The largest absolute Gasteiger partial charge is 0.438 e. The van der Waals surface area contributed by atoms with Crippen LogP contribution < -0.4 is 5.32 Å². The Balaban J connectivity index is 1.42. The quantitative estimate of drug-likeness (QED) is 0.398. The molecule has 0 aliphatic carbocycles. The van der Waals surface area contributed by atoms with Crippen LogP contribution in [0.5, 0.6) is 0 Å². The number of urea groups is 1. The van der Waals surface area contributed by atoms with Crippen molar-refractivity contribution in [3.63, 3.8) is 0 Å². The van der Waals surface area contributed by atoms with Gasteiger partial charge in [-0.05, 0) is 61.6 Å². The number of aromatic nitrogens is 1. The van der Waals surface area contributed by atoms with E-state index in [0.29, 0.717) is 29.1 Å². The van der Waals surface area contributed by atoms with Crippen LogP contribution in [-0.2, 0) is 0 Å². The second-order valence-electron chi connectivity index (χ2n) is 8.26. The van der Waals surface area contributed by atoms with Gasteiger partial charge in [-0.1, -0.05) is 42.5 Å². The molecule has 2 amide bonds. The summed E-state index contributed by atoms with van der Waals surface area (Å²) >= 11 is 0. The molecule has 0 radical (unpaired) electrons. The van der Waals surface area contributed by atoms with E-state index in [1.807, 2.05) is 56.3 Å². The third-order valence-electron chi connectivity index (χ3n) is 6.10. The third-order valence-corrected chi connectivity index (χ3v) is 6.10. The van der Waals surface area contributed by atoms with Crippen molar-refractivity contribution in [2.45, 2.75) is 32.7 Å². The fraction of sp³-hybridized carbons (Fsp3) is 0.231. The lowest BCUT2D eigenvalue weighted by Gasteiger charge is -2.23. The lowest BCUT2D eigenvalue weighted by molar-refractivity contribution is 0.199. The number of nitrogens with zero attached hydrogens (tertiary/aromatic N) is 2. The van der Waals surface area contributed by atoms with E-state index in [9.17, 15) is 9.18 Å². The summed E-state index contributed by atoms with van der Waals surface area (Å²) < 4.78 is 20.2. The van der Waals surface area contributed by atoms with Gasteiger partial charge in [0.05, 0.1) is 0 Å². The average Bonchev–Trinajstić information content (AvgIpc) is 3.43. The SMILES string of the molecule is Cc1cccc(C)c1NC(=O)N1CCC[C@@H]1c1nc2cc(-c3ccccc3F)ccc2o1. The molecule has 3 aromatic carbocycles. The zero-order chi connectivity index (χ0) is 22.2. The van der Waals surface area contributed by atoms with E-state index in [0.717, 1.165) is 35.2 Å². The summed E-state index contributed by atoms with van der Waals surface area (Å²) in [5.74, 6) is 0.237. The van der Waals surface area contributed by atoms with Crippen molar-refractivity contribution in [2.24, 2.45) is 0 Å². The van der Waals surface area contributed by atoms with E-state index in [4.69, 9.17) is 4.42 Å². The van der Waals surface area contributed by atoms with Gasteiger partial charge in [0.2, 0.25) is 5.89 Å². The van der Waals surface area contributed by atoms with Crippen LogP contribution >= 0.6 is 0 Å². The van der Waals surface area contributed by atoms with Crippen LogP contribution in [-0.4, -0.2) is 22.5 Å². The van der Waals surface area contributed by atoms with E-state index in [2.05, 4.69) is 10.3 Å². The summed E-state index contributed by atoms with van der Waals surface area (Å²) in [5.41, 5.74) is 5.44. The number of nitrogens with one attached hydrogen (secondary N) is 1. The number of para-hydroxylation sites is 1. The highest BCUT2D eigenvalue weighted by atomic mass is 19.1. The standard InChI is InChI=1S/C26H24FN3O2/c1-16-7-5-8-17(2)24(16)29-26(31)30-14-6-11-22(30)25-28-21-15-18(12-13-23(21)32-25)19-9-3-4-10-20(19)27/h3-5,7-10,12-13,15,22H,6,11,14H2,1-2H3,(H,29,31)/t22-/m1/s1. The van der Waals surface area contributed by atoms with Crippen molar-refractivity contribution in [2.75, 3.05) is 11.9 Å². The number of hydrogen-bond donors (Lipinski definition) is 1. The molecule has 5 nitrogen and oxygen atoms in total. The van der Waals surface area contributed by atoms with Crippen molar-refractivity contribution >= 4 is 22.8 Å². The van der Waals surface area contributed by atoms with Gasteiger partial charge in [0.25, 0.3) is 0 Å². The maximum absolute atomic E-state index is 14.2. The van der Waals surface area contributed by atoms with Crippen LogP contribution in [0.25, 0.3) is 22.2 Å². The highest BCUT2D eigenvalue weighted by Crippen LogP contribution is 2.35. The number of amides is 2. The minimum atomic E-state index is -0.277. The topological polar surface area (TPSA) is 58.4 Å². The summed E-state index contributed by atoms with van der Waals surface area (Å²) in [7, 11) is 0. The molecule has 0 unspecified atom stereocenters. The third kappa shape index (κ3) is 3.62. The number of hydrogen-bond acceptors (Lipinski definition) is 3.